The summed E-state index contributed by atoms with van der Waals surface area (Å²) in [6.07, 6.45) is -3.09. The number of aliphatic carboxylic acids is 1. The van der Waals surface area contributed by atoms with Crippen LogP contribution < -0.4 is 10.2 Å². The van der Waals surface area contributed by atoms with Crippen LogP contribution in [0.2, 0.25) is 5.02 Å². The molecule has 0 radical (unpaired) electrons. The Morgan fingerprint density at radius 1 is 0.921 bits per heavy atom. The maximum absolute atomic E-state index is 12.8. The average Bonchev–Trinajstić information content (AvgIpc) is 2.87. The Bertz CT molecular complexity index is 1240. The third kappa shape index (κ3) is 9.44. The van der Waals surface area contributed by atoms with E-state index in [9.17, 15) is 27.9 Å². The van der Waals surface area contributed by atoms with Crippen molar-refractivity contribution in [1.82, 2.24) is 0 Å². The van der Waals surface area contributed by atoms with Crippen molar-refractivity contribution >= 4 is 40.8 Å². The number of rotatable bonds is 9. The van der Waals surface area contributed by atoms with E-state index in [-0.39, 0.29) is 11.5 Å². The summed E-state index contributed by atoms with van der Waals surface area (Å²) in [4.78, 5) is 35.4. The van der Waals surface area contributed by atoms with Gasteiger partial charge in [0.2, 0.25) is 0 Å². The number of amides is 1. The molecule has 3 aromatic rings. The first-order chi connectivity index (χ1) is 17.9. The molecule has 3 aromatic carbocycles. The monoisotopic (exact) mass is 550 g/mol. The van der Waals surface area contributed by atoms with Gasteiger partial charge in [-0.05, 0) is 54.4 Å². The van der Waals surface area contributed by atoms with Gasteiger partial charge in [0.25, 0.3) is 5.91 Å². The summed E-state index contributed by atoms with van der Waals surface area (Å²) in [5.74, 6) is -4.13. The Morgan fingerprint density at radius 2 is 1.50 bits per heavy atom. The molecule has 0 bridgehead atoms. The molecular formula is C27H26ClF3N2O5. The lowest BCUT2D eigenvalue weighted by Crippen LogP contribution is -2.26. The number of nitrogens with zero attached hydrogens (tertiary/aromatic N) is 1. The Labute approximate surface area is 222 Å². The van der Waals surface area contributed by atoms with Crippen LogP contribution in [-0.4, -0.2) is 40.8 Å². The van der Waals surface area contributed by atoms with Gasteiger partial charge in [-0.1, -0.05) is 55.3 Å². The summed E-state index contributed by atoms with van der Waals surface area (Å²) in [6, 6.07) is 21.5. The van der Waals surface area contributed by atoms with E-state index in [4.69, 9.17) is 21.5 Å². The number of carboxylic acids is 2. The molecule has 11 heteroatoms. The number of nitrogens with one attached hydrogen (secondary N) is 1. The second kappa shape index (κ2) is 14.0. The summed E-state index contributed by atoms with van der Waals surface area (Å²) in [5, 5.41) is 20.0. The average molecular weight is 551 g/mol. The molecule has 0 saturated carbocycles. The van der Waals surface area contributed by atoms with Crippen molar-refractivity contribution in [1.29, 1.82) is 0 Å². The van der Waals surface area contributed by atoms with E-state index in [1.165, 1.54) is 6.07 Å². The van der Waals surface area contributed by atoms with Crippen LogP contribution in [0, 0.1) is 0 Å². The van der Waals surface area contributed by atoms with Crippen LogP contribution in [0.3, 0.4) is 0 Å². The number of anilines is 2. The van der Waals surface area contributed by atoms with Gasteiger partial charge in [-0.3, -0.25) is 4.79 Å². The molecular weight excluding hydrogens is 525 g/mol. The molecule has 3 N–H and O–H groups in total. The van der Waals surface area contributed by atoms with Crippen LogP contribution >= 0.6 is 11.6 Å². The summed E-state index contributed by atoms with van der Waals surface area (Å²) in [6.45, 7) is 3.55. The number of benzene rings is 3. The van der Waals surface area contributed by atoms with Crippen LogP contribution in [0.25, 0.3) is 0 Å². The number of hydrogen-bond donors (Lipinski definition) is 3. The Morgan fingerprint density at radius 3 is 2.03 bits per heavy atom. The van der Waals surface area contributed by atoms with Crippen molar-refractivity contribution in [3.63, 3.8) is 0 Å². The zero-order valence-electron chi connectivity index (χ0n) is 20.3. The van der Waals surface area contributed by atoms with Gasteiger partial charge in [0, 0.05) is 23.7 Å². The van der Waals surface area contributed by atoms with Gasteiger partial charge in [0.05, 0.1) is 16.9 Å². The van der Waals surface area contributed by atoms with Gasteiger partial charge in [-0.2, -0.15) is 13.2 Å². The fourth-order valence-corrected chi connectivity index (χ4v) is 3.40. The Balaban J connectivity index is 0.000000638. The van der Waals surface area contributed by atoms with Crippen LogP contribution in [0.5, 0.6) is 0 Å². The van der Waals surface area contributed by atoms with Gasteiger partial charge in [0.15, 0.2) is 0 Å². The molecule has 0 aliphatic rings. The zero-order valence-corrected chi connectivity index (χ0v) is 21.1. The fraction of sp³-hybridized carbons (Fsp3) is 0.222. The fourth-order valence-electron chi connectivity index (χ4n) is 3.28. The maximum atomic E-state index is 12.8. The maximum Gasteiger partial charge on any atom is 0.490 e. The smallest absolute Gasteiger partial charge is 0.478 e. The molecule has 1 amide bonds. The summed E-state index contributed by atoms with van der Waals surface area (Å²) in [7, 11) is 0. The number of hydrogen-bond acceptors (Lipinski definition) is 4. The highest BCUT2D eigenvalue weighted by Crippen LogP contribution is 2.30. The Hall–Kier alpha value is -4.05. The minimum Gasteiger partial charge on any atom is -0.478 e. The van der Waals surface area contributed by atoms with Crippen LogP contribution in [0.15, 0.2) is 72.8 Å². The molecule has 0 unspecified atom stereocenters. The minimum absolute atomic E-state index is 0.116. The molecule has 0 aliphatic heterocycles. The molecule has 0 fully saturated rings. The first-order valence-corrected chi connectivity index (χ1v) is 11.8. The largest absolute Gasteiger partial charge is 0.490 e. The third-order valence-corrected chi connectivity index (χ3v) is 5.43. The van der Waals surface area contributed by atoms with E-state index in [2.05, 4.69) is 29.3 Å². The number of aromatic carboxylic acids is 1. The standard InChI is InChI=1S/C25H25ClN2O3.C2HF3O2/c1-2-3-15-28(17-18-7-5-4-6-8-18)23-14-11-20(25(30)31)16-22(23)27-24(29)19-9-12-21(26)13-10-19;3-2(4,5)1(6)7/h4-14,16H,2-3,15,17H2,1H3,(H,27,29)(H,30,31);(H,6,7). The predicted octanol–water partition coefficient (Wildman–Crippen LogP) is 6.73. The number of unbranched alkanes of at least 4 members (excludes halogenated alkanes) is 1. The van der Waals surface area contributed by atoms with Gasteiger partial charge in [-0.15, -0.1) is 0 Å². The minimum atomic E-state index is -5.08. The van der Waals surface area contributed by atoms with Crippen molar-refractivity contribution in [2.75, 3.05) is 16.8 Å². The van der Waals surface area contributed by atoms with Crippen LogP contribution in [0.1, 0.15) is 46.0 Å². The van der Waals surface area contributed by atoms with E-state index in [1.54, 1.807) is 36.4 Å². The van der Waals surface area contributed by atoms with Gasteiger partial charge in [0.1, 0.15) is 0 Å². The number of alkyl halides is 3. The highest BCUT2D eigenvalue weighted by molar-refractivity contribution is 6.30. The van der Waals surface area contributed by atoms with Gasteiger partial charge in [-0.25, -0.2) is 9.59 Å². The van der Waals surface area contributed by atoms with E-state index < -0.39 is 18.1 Å². The second-order valence-electron chi connectivity index (χ2n) is 8.06. The number of carbonyl (C=O) groups excluding carboxylic acids is 1. The highest BCUT2D eigenvalue weighted by atomic mass is 35.5. The lowest BCUT2D eigenvalue weighted by molar-refractivity contribution is -0.192. The first kappa shape index (κ1) is 30.2. The summed E-state index contributed by atoms with van der Waals surface area (Å²) in [5.41, 5.74) is 2.94. The molecule has 202 valence electrons. The van der Waals surface area contributed by atoms with Crippen molar-refractivity contribution in [2.24, 2.45) is 0 Å². The second-order valence-corrected chi connectivity index (χ2v) is 8.50. The molecule has 38 heavy (non-hydrogen) atoms. The van der Waals surface area contributed by atoms with Crippen molar-refractivity contribution in [2.45, 2.75) is 32.5 Å². The lowest BCUT2D eigenvalue weighted by Gasteiger charge is -2.27. The number of carbonyl (C=O) groups is 3. The summed E-state index contributed by atoms with van der Waals surface area (Å²) >= 11 is 5.92. The van der Waals surface area contributed by atoms with Crippen molar-refractivity contribution in [3.05, 3.63) is 94.5 Å². The highest BCUT2D eigenvalue weighted by Gasteiger charge is 2.38. The molecule has 3 rings (SSSR count). The van der Waals surface area contributed by atoms with Crippen molar-refractivity contribution in [3.8, 4) is 0 Å². The molecule has 0 atom stereocenters. The van der Waals surface area contributed by atoms with E-state index in [0.717, 1.165) is 30.6 Å². The van der Waals surface area contributed by atoms with E-state index in [0.29, 0.717) is 22.8 Å². The molecule has 7 nitrogen and oxygen atoms in total. The SMILES string of the molecule is CCCCN(Cc1ccccc1)c1ccc(C(=O)O)cc1NC(=O)c1ccc(Cl)cc1.O=C(O)C(F)(F)F. The van der Waals surface area contributed by atoms with Gasteiger partial charge < -0.3 is 20.4 Å². The molecule has 0 saturated heterocycles. The van der Waals surface area contributed by atoms with Crippen LogP contribution in [-0.2, 0) is 11.3 Å². The van der Waals surface area contributed by atoms with Crippen molar-refractivity contribution < 1.29 is 37.8 Å². The van der Waals surface area contributed by atoms with Gasteiger partial charge >= 0.3 is 18.1 Å². The Kier molecular flexibility index (Phi) is 11.1. The topological polar surface area (TPSA) is 107 Å². The molecule has 0 aliphatic carbocycles. The lowest BCUT2D eigenvalue weighted by atomic mass is 10.1. The third-order valence-electron chi connectivity index (χ3n) is 5.18. The predicted molar refractivity (Wildman–Crippen MR) is 139 cm³/mol. The summed E-state index contributed by atoms with van der Waals surface area (Å²) < 4.78 is 31.7. The molecule has 0 aromatic heterocycles. The van der Waals surface area contributed by atoms with E-state index in [1.807, 2.05) is 18.2 Å². The number of halogens is 4. The molecule has 0 heterocycles. The zero-order chi connectivity index (χ0) is 28.3. The quantitative estimate of drug-likeness (QED) is 0.273. The first-order valence-electron chi connectivity index (χ1n) is 11.5. The normalized spacial score (nSPS) is 10.7. The van der Waals surface area contributed by atoms with Crippen LogP contribution in [0.4, 0.5) is 24.5 Å². The van der Waals surface area contributed by atoms with E-state index >= 15 is 0 Å². The number of carboxylic acid groups (broad SMARTS) is 2. The molecule has 0 spiro atoms.